The van der Waals surface area contributed by atoms with Crippen LogP contribution in [0.5, 0.6) is 11.5 Å². The van der Waals surface area contributed by atoms with Gasteiger partial charge in [-0.2, -0.15) is 0 Å². The topological polar surface area (TPSA) is 48.0 Å². The first-order valence-corrected chi connectivity index (χ1v) is 7.90. The molecule has 0 saturated carbocycles. The van der Waals surface area contributed by atoms with E-state index in [4.69, 9.17) is 14.2 Å². The van der Waals surface area contributed by atoms with Crippen LogP contribution in [0, 0.1) is 0 Å². The second kappa shape index (κ2) is 7.36. The van der Waals surface area contributed by atoms with Gasteiger partial charge in [-0.15, -0.1) is 0 Å². The van der Waals surface area contributed by atoms with Crippen LogP contribution < -0.4 is 9.47 Å². The molecule has 2 aromatic rings. The first-order chi connectivity index (χ1) is 11.7. The van der Waals surface area contributed by atoms with Gasteiger partial charge in [0.2, 0.25) is 0 Å². The van der Waals surface area contributed by atoms with Gasteiger partial charge in [-0.05, 0) is 23.8 Å². The molecule has 0 bridgehead atoms. The van der Waals surface area contributed by atoms with E-state index in [-0.39, 0.29) is 12.0 Å². The van der Waals surface area contributed by atoms with Crippen LogP contribution in [0.25, 0.3) is 0 Å². The van der Waals surface area contributed by atoms with E-state index in [0.717, 1.165) is 5.56 Å². The Morgan fingerprint density at radius 1 is 1.08 bits per heavy atom. The summed E-state index contributed by atoms with van der Waals surface area (Å²) in [7, 11) is 3.14. The van der Waals surface area contributed by atoms with E-state index < -0.39 is 0 Å². The van der Waals surface area contributed by atoms with Crippen molar-refractivity contribution in [1.82, 2.24) is 4.90 Å². The van der Waals surface area contributed by atoms with E-state index in [0.29, 0.717) is 36.8 Å². The smallest absolute Gasteiger partial charge is 0.254 e. The number of ether oxygens (including phenoxy) is 3. The van der Waals surface area contributed by atoms with Gasteiger partial charge in [0, 0.05) is 12.1 Å². The van der Waals surface area contributed by atoms with Gasteiger partial charge in [0.25, 0.3) is 5.91 Å². The predicted molar refractivity (Wildman–Crippen MR) is 90.6 cm³/mol. The van der Waals surface area contributed by atoms with Crippen molar-refractivity contribution in [3.8, 4) is 11.5 Å². The summed E-state index contributed by atoms with van der Waals surface area (Å²) < 4.78 is 16.3. The lowest BCUT2D eigenvalue weighted by Crippen LogP contribution is -2.42. The molecule has 0 N–H and O–H groups in total. The highest BCUT2D eigenvalue weighted by Gasteiger charge is 2.26. The maximum absolute atomic E-state index is 12.8. The van der Waals surface area contributed by atoms with Gasteiger partial charge in [-0.1, -0.05) is 30.3 Å². The third-order valence-corrected chi connectivity index (χ3v) is 4.16. The van der Waals surface area contributed by atoms with Crippen LogP contribution in [0.15, 0.2) is 48.5 Å². The van der Waals surface area contributed by atoms with Gasteiger partial charge in [-0.3, -0.25) is 4.79 Å². The van der Waals surface area contributed by atoms with Crippen molar-refractivity contribution >= 4 is 5.91 Å². The Balaban J connectivity index is 1.77. The average Bonchev–Trinajstić information content (AvgIpc) is 2.67. The van der Waals surface area contributed by atoms with Crippen molar-refractivity contribution in [3.63, 3.8) is 0 Å². The number of morpholine rings is 1. The number of methoxy groups -OCH3 is 2. The quantitative estimate of drug-likeness (QED) is 0.866. The summed E-state index contributed by atoms with van der Waals surface area (Å²) in [5, 5.41) is 0. The molecule has 5 nitrogen and oxygen atoms in total. The lowest BCUT2D eigenvalue weighted by Gasteiger charge is -2.33. The summed E-state index contributed by atoms with van der Waals surface area (Å²) in [5.41, 5.74) is 1.67. The number of rotatable bonds is 4. The molecule has 24 heavy (non-hydrogen) atoms. The van der Waals surface area contributed by atoms with E-state index >= 15 is 0 Å². The summed E-state index contributed by atoms with van der Waals surface area (Å²) in [6, 6.07) is 15.2. The number of carbonyl (C=O) groups excluding carboxylic acids is 1. The molecule has 5 heteroatoms. The molecular formula is C19H21NO4. The Kier molecular flexibility index (Phi) is 5.01. The maximum Gasteiger partial charge on any atom is 0.254 e. The summed E-state index contributed by atoms with van der Waals surface area (Å²) in [6.45, 7) is 1.65. The second-order valence-electron chi connectivity index (χ2n) is 5.59. The van der Waals surface area contributed by atoms with Gasteiger partial charge < -0.3 is 19.1 Å². The Morgan fingerprint density at radius 3 is 2.54 bits per heavy atom. The number of hydrogen-bond acceptors (Lipinski definition) is 4. The fourth-order valence-corrected chi connectivity index (χ4v) is 2.85. The molecule has 2 aromatic carbocycles. The molecule has 0 aliphatic carbocycles. The molecule has 0 unspecified atom stereocenters. The molecule has 0 aromatic heterocycles. The maximum atomic E-state index is 12.8. The molecule has 1 atom stereocenters. The molecule has 0 spiro atoms. The third kappa shape index (κ3) is 3.36. The van der Waals surface area contributed by atoms with Gasteiger partial charge >= 0.3 is 0 Å². The summed E-state index contributed by atoms with van der Waals surface area (Å²) in [5.74, 6) is 1.13. The van der Waals surface area contributed by atoms with Crippen LogP contribution in [-0.4, -0.2) is 44.7 Å². The Hall–Kier alpha value is -2.53. The van der Waals surface area contributed by atoms with Gasteiger partial charge in [0.15, 0.2) is 11.5 Å². The van der Waals surface area contributed by atoms with E-state index in [1.165, 1.54) is 0 Å². The normalized spacial score (nSPS) is 17.4. The molecule has 1 amide bonds. The molecule has 1 aliphatic rings. The SMILES string of the molecule is COc1ccc(C(=O)N2CCO[C@@H](c3ccccc3)C2)cc1OC. The first-order valence-electron chi connectivity index (χ1n) is 7.90. The standard InChI is InChI=1S/C19H21NO4/c1-22-16-9-8-15(12-17(16)23-2)19(21)20-10-11-24-18(13-20)14-6-4-3-5-7-14/h3-9,12,18H,10-11,13H2,1-2H3/t18-/m1/s1. The van der Waals surface area contributed by atoms with Gasteiger partial charge in [-0.25, -0.2) is 0 Å². The number of hydrogen-bond donors (Lipinski definition) is 0. The van der Waals surface area contributed by atoms with E-state index in [9.17, 15) is 4.79 Å². The molecule has 1 saturated heterocycles. The van der Waals surface area contributed by atoms with Crippen molar-refractivity contribution in [2.45, 2.75) is 6.10 Å². The van der Waals surface area contributed by atoms with Crippen molar-refractivity contribution in [3.05, 3.63) is 59.7 Å². The minimum absolute atomic E-state index is 0.0276. The summed E-state index contributed by atoms with van der Waals surface area (Å²) in [6.07, 6.45) is -0.0935. The number of amides is 1. The largest absolute Gasteiger partial charge is 0.493 e. The Bertz CT molecular complexity index is 702. The molecular weight excluding hydrogens is 306 g/mol. The van der Waals surface area contributed by atoms with Gasteiger partial charge in [0.05, 0.1) is 27.4 Å². The zero-order chi connectivity index (χ0) is 16.9. The second-order valence-corrected chi connectivity index (χ2v) is 5.59. The fourth-order valence-electron chi connectivity index (χ4n) is 2.85. The Labute approximate surface area is 141 Å². The highest BCUT2D eigenvalue weighted by molar-refractivity contribution is 5.95. The van der Waals surface area contributed by atoms with Crippen LogP contribution in [0.1, 0.15) is 22.0 Å². The zero-order valence-corrected chi connectivity index (χ0v) is 13.9. The molecule has 126 valence electrons. The highest BCUT2D eigenvalue weighted by Crippen LogP contribution is 2.29. The van der Waals surface area contributed by atoms with E-state index in [1.54, 1.807) is 32.4 Å². The minimum atomic E-state index is -0.0935. The van der Waals surface area contributed by atoms with E-state index in [1.807, 2.05) is 35.2 Å². The van der Waals surface area contributed by atoms with Gasteiger partial charge in [0.1, 0.15) is 6.10 Å². The van der Waals surface area contributed by atoms with Crippen LogP contribution in [0.3, 0.4) is 0 Å². The lowest BCUT2D eigenvalue weighted by atomic mass is 10.1. The van der Waals surface area contributed by atoms with E-state index in [2.05, 4.69) is 0 Å². The molecule has 0 radical (unpaired) electrons. The molecule has 1 heterocycles. The zero-order valence-electron chi connectivity index (χ0n) is 13.9. The summed E-state index contributed by atoms with van der Waals surface area (Å²) >= 11 is 0. The Morgan fingerprint density at radius 2 is 1.83 bits per heavy atom. The van der Waals surface area contributed by atoms with Crippen molar-refractivity contribution in [2.75, 3.05) is 33.9 Å². The average molecular weight is 327 g/mol. The number of benzene rings is 2. The third-order valence-electron chi connectivity index (χ3n) is 4.16. The van der Waals surface area contributed by atoms with Crippen molar-refractivity contribution in [1.29, 1.82) is 0 Å². The van der Waals surface area contributed by atoms with Crippen LogP contribution >= 0.6 is 0 Å². The first kappa shape index (κ1) is 16.3. The number of nitrogens with zero attached hydrogens (tertiary/aromatic N) is 1. The van der Waals surface area contributed by atoms with Crippen molar-refractivity contribution in [2.24, 2.45) is 0 Å². The molecule has 3 rings (SSSR count). The van der Waals surface area contributed by atoms with Crippen molar-refractivity contribution < 1.29 is 19.0 Å². The van der Waals surface area contributed by atoms with Crippen LogP contribution in [0.4, 0.5) is 0 Å². The summed E-state index contributed by atoms with van der Waals surface area (Å²) in [4.78, 5) is 14.6. The molecule has 1 aliphatic heterocycles. The molecule has 1 fully saturated rings. The fraction of sp³-hybridized carbons (Fsp3) is 0.316. The monoisotopic (exact) mass is 327 g/mol. The van der Waals surface area contributed by atoms with Crippen LogP contribution in [0.2, 0.25) is 0 Å². The highest BCUT2D eigenvalue weighted by atomic mass is 16.5. The number of carbonyl (C=O) groups is 1. The minimum Gasteiger partial charge on any atom is -0.493 e. The predicted octanol–water partition coefficient (Wildman–Crippen LogP) is 2.92. The van der Waals surface area contributed by atoms with Crippen LogP contribution in [-0.2, 0) is 4.74 Å². The lowest BCUT2D eigenvalue weighted by molar-refractivity contribution is -0.0228.